The van der Waals surface area contributed by atoms with Crippen LogP contribution in [0.5, 0.6) is 5.75 Å². The number of anilines is 3. The Hall–Kier alpha value is -2.23. The zero-order valence-corrected chi connectivity index (χ0v) is 11.3. The van der Waals surface area contributed by atoms with Crippen molar-refractivity contribution in [1.82, 2.24) is 0 Å². The number of rotatable bonds is 3. The molecule has 0 radical (unpaired) electrons. The standard InChI is InChI=1S/C15H17FN2O/c1-10-4-6-11(7-5-10)18(2)14-9-15(19-3)12(16)8-13(14)17/h4-9H,17H2,1-3H3. The maximum atomic E-state index is 13.5. The van der Waals surface area contributed by atoms with Gasteiger partial charge in [0.15, 0.2) is 11.6 Å². The van der Waals surface area contributed by atoms with E-state index >= 15 is 0 Å². The Balaban J connectivity index is 2.43. The summed E-state index contributed by atoms with van der Waals surface area (Å²) in [5, 5.41) is 0. The fourth-order valence-corrected chi connectivity index (χ4v) is 1.91. The van der Waals surface area contributed by atoms with Gasteiger partial charge < -0.3 is 15.4 Å². The number of aryl methyl sites for hydroxylation is 1. The van der Waals surface area contributed by atoms with E-state index in [1.54, 1.807) is 6.07 Å². The van der Waals surface area contributed by atoms with Crippen molar-refractivity contribution in [3.8, 4) is 5.75 Å². The van der Waals surface area contributed by atoms with Gasteiger partial charge in [-0.3, -0.25) is 0 Å². The number of hydrogen-bond donors (Lipinski definition) is 1. The summed E-state index contributed by atoms with van der Waals surface area (Å²) in [6.45, 7) is 2.03. The van der Waals surface area contributed by atoms with E-state index in [0.29, 0.717) is 11.4 Å². The third kappa shape index (κ3) is 2.62. The molecule has 2 aromatic carbocycles. The van der Waals surface area contributed by atoms with Crippen molar-refractivity contribution < 1.29 is 9.13 Å². The number of benzene rings is 2. The van der Waals surface area contributed by atoms with Gasteiger partial charge in [0.2, 0.25) is 0 Å². The zero-order valence-electron chi connectivity index (χ0n) is 11.3. The number of nitrogens with two attached hydrogens (primary N) is 1. The van der Waals surface area contributed by atoms with E-state index in [1.807, 2.05) is 43.1 Å². The van der Waals surface area contributed by atoms with Crippen LogP contribution < -0.4 is 15.4 Å². The minimum atomic E-state index is -0.457. The van der Waals surface area contributed by atoms with Crippen molar-refractivity contribution in [1.29, 1.82) is 0 Å². The van der Waals surface area contributed by atoms with Gasteiger partial charge in [0.25, 0.3) is 0 Å². The lowest BCUT2D eigenvalue weighted by Gasteiger charge is -2.22. The van der Waals surface area contributed by atoms with Gasteiger partial charge in [-0.1, -0.05) is 17.7 Å². The first kappa shape index (κ1) is 13.2. The van der Waals surface area contributed by atoms with Gasteiger partial charge in [0.05, 0.1) is 18.5 Å². The van der Waals surface area contributed by atoms with Crippen LogP contribution in [-0.2, 0) is 0 Å². The van der Waals surface area contributed by atoms with Crippen LogP contribution in [0.1, 0.15) is 5.56 Å². The van der Waals surface area contributed by atoms with E-state index in [2.05, 4.69) is 0 Å². The van der Waals surface area contributed by atoms with Crippen LogP contribution in [0.4, 0.5) is 21.5 Å². The summed E-state index contributed by atoms with van der Waals surface area (Å²) in [7, 11) is 3.32. The molecule has 0 amide bonds. The molecule has 100 valence electrons. The monoisotopic (exact) mass is 260 g/mol. The van der Waals surface area contributed by atoms with E-state index < -0.39 is 5.82 Å². The van der Waals surface area contributed by atoms with E-state index in [1.165, 1.54) is 18.7 Å². The number of nitrogens with zero attached hydrogens (tertiary/aromatic N) is 1. The van der Waals surface area contributed by atoms with Crippen molar-refractivity contribution in [3.63, 3.8) is 0 Å². The molecule has 0 saturated carbocycles. The van der Waals surface area contributed by atoms with Crippen LogP contribution >= 0.6 is 0 Å². The molecule has 0 aliphatic rings. The lowest BCUT2D eigenvalue weighted by molar-refractivity contribution is 0.387. The molecule has 19 heavy (non-hydrogen) atoms. The summed E-state index contributed by atoms with van der Waals surface area (Å²) in [5.74, 6) is -0.274. The number of ether oxygens (including phenoxy) is 1. The third-order valence-electron chi connectivity index (χ3n) is 3.08. The minimum absolute atomic E-state index is 0.183. The average molecular weight is 260 g/mol. The summed E-state index contributed by atoms with van der Waals surface area (Å²) in [6, 6.07) is 10.9. The first-order chi connectivity index (χ1) is 9.02. The van der Waals surface area contributed by atoms with Crippen molar-refractivity contribution in [3.05, 3.63) is 47.8 Å². The zero-order chi connectivity index (χ0) is 14.0. The molecule has 2 rings (SSSR count). The molecule has 0 bridgehead atoms. The van der Waals surface area contributed by atoms with Gasteiger partial charge in [-0.25, -0.2) is 4.39 Å². The fraction of sp³-hybridized carbons (Fsp3) is 0.200. The molecule has 0 spiro atoms. The van der Waals surface area contributed by atoms with Crippen LogP contribution in [0, 0.1) is 12.7 Å². The van der Waals surface area contributed by atoms with Crippen LogP contribution in [0.2, 0.25) is 0 Å². The second kappa shape index (κ2) is 5.18. The topological polar surface area (TPSA) is 38.5 Å². The molecule has 0 saturated heterocycles. The lowest BCUT2D eigenvalue weighted by atomic mass is 10.2. The number of nitrogen functional groups attached to an aromatic ring is 1. The molecule has 0 aliphatic heterocycles. The Morgan fingerprint density at radius 3 is 2.37 bits per heavy atom. The van der Waals surface area contributed by atoms with Crippen molar-refractivity contribution >= 4 is 17.1 Å². The summed E-state index contributed by atoms with van der Waals surface area (Å²) in [5.41, 5.74) is 9.12. The largest absolute Gasteiger partial charge is 0.494 e. The minimum Gasteiger partial charge on any atom is -0.494 e. The highest BCUT2D eigenvalue weighted by atomic mass is 19.1. The second-order valence-electron chi connectivity index (χ2n) is 4.44. The van der Waals surface area contributed by atoms with Crippen molar-refractivity contribution in [2.75, 3.05) is 24.8 Å². The van der Waals surface area contributed by atoms with E-state index in [4.69, 9.17) is 10.5 Å². The number of methoxy groups -OCH3 is 1. The second-order valence-corrected chi connectivity index (χ2v) is 4.44. The molecule has 0 heterocycles. The van der Waals surface area contributed by atoms with Crippen LogP contribution in [0.3, 0.4) is 0 Å². The predicted octanol–water partition coefficient (Wildman–Crippen LogP) is 3.49. The molecule has 0 aromatic heterocycles. The molecular formula is C15H17FN2O. The number of halogens is 1. The van der Waals surface area contributed by atoms with Crippen LogP contribution in [-0.4, -0.2) is 14.2 Å². The quantitative estimate of drug-likeness (QED) is 0.858. The highest BCUT2D eigenvalue weighted by Crippen LogP contribution is 2.34. The maximum absolute atomic E-state index is 13.5. The van der Waals surface area contributed by atoms with Crippen molar-refractivity contribution in [2.45, 2.75) is 6.92 Å². The molecule has 2 N–H and O–H groups in total. The van der Waals surface area contributed by atoms with Crippen LogP contribution in [0.25, 0.3) is 0 Å². The summed E-state index contributed by atoms with van der Waals surface area (Å²) in [6.07, 6.45) is 0. The van der Waals surface area contributed by atoms with E-state index in [0.717, 1.165) is 5.69 Å². The Labute approximate surface area is 112 Å². The highest BCUT2D eigenvalue weighted by Gasteiger charge is 2.12. The maximum Gasteiger partial charge on any atom is 0.167 e. The summed E-state index contributed by atoms with van der Waals surface area (Å²) >= 11 is 0. The third-order valence-corrected chi connectivity index (χ3v) is 3.08. The predicted molar refractivity (Wildman–Crippen MR) is 76.6 cm³/mol. The molecular weight excluding hydrogens is 243 g/mol. The normalized spacial score (nSPS) is 10.3. The molecule has 0 fully saturated rings. The Kier molecular flexibility index (Phi) is 3.60. The fourth-order valence-electron chi connectivity index (χ4n) is 1.91. The van der Waals surface area contributed by atoms with Gasteiger partial charge in [0, 0.05) is 24.9 Å². The molecule has 3 nitrogen and oxygen atoms in total. The Bertz CT molecular complexity index is 581. The SMILES string of the molecule is COc1cc(N(C)c2ccc(C)cc2)c(N)cc1F. The van der Waals surface area contributed by atoms with Gasteiger partial charge in [-0.15, -0.1) is 0 Å². The summed E-state index contributed by atoms with van der Waals surface area (Å²) < 4.78 is 18.5. The smallest absolute Gasteiger partial charge is 0.167 e. The van der Waals surface area contributed by atoms with Gasteiger partial charge in [0.1, 0.15) is 0 Å². The lowest BCUT2D eigenvalue weighted by Crippen LogP contribution is -2.12. The molecule has 4 heteroatoms. The number of hydrogen-bond acceptors (Lipinski definition) is 3. The van der Waals surface area contributed by atoms with Crippen molar-refractivity contribution in [2.24, 2.45) is 0 Å². The van der Waals surface area contributed by atoms with E-state index in [-0.39, 0.29) is 5.75 Å². The Morgan fingerprint density at radius 1 is 1.16 bits per heavy atom. The molecule has 2 aromatic rings. The molecule has 0 atom stereocenters. The first-order valence-corrected chi connectivity index (χ1v) is 5.96. The average Bonchev–Trinajstić information content (AvgIpc) is 2.39. The Morgan fingerprint density at radius 2 is 1.79 bits per heavy atom. The summed E-state index contributed by atoms with van der Waals surface area (Å²) in [4.78, 5) is 1.90. The molecule has 0 unspecified atom stereocenters. The molecule has 0 aliphatic carbocycles. The van der Waals surface area contributed by atoms with E-state index in [9.17, 15) is 4.39 Å². The first-order valence-electron chi connectivity index (χ1n) is 5.96. The van der Waals surface area contributed by atoms with Gasteiger partial charge in [-0.2, -0.15) is 0 Å². The van der Waals surface area contributed by atoms with Crippen LogP contribution in [0.15, 0.2) is 36.4 Å². The van der Waals surface area contributed by atoms with Gasteiger partial charge in [-0.05, 0) is 19.1 Å². The van der Waals surface area contributed by atoms with Gasteiger partial charge >= 0.3 is 0 Å². The highest BCUT2D eigenvalue weighted by molar-refractivity contribution is 5.76.